The van der Waals surface area contributed by atoms with E-state index in [0.717, 1.165) is 57.4 Å². The molecule has 0 atom stereocenters. The number of nitrogens with two attached hydrogens (primary N) is 1. The number of ether oxygens (including phenoxy) is 6. The molecule has 0 spiro atoms. The molecule has 4 N–H and O–H groups in total. The molecule has 6 rings (SSSR count). The number of nitrogens with one attached hydrogen (secondary N) is 1. The highest BCUT2D eigenvalue weighted by molar-refractivity contribution is 5.91. The van der Waals surface area contributed by atoms with Gasteiger partial charge in [0.2, 0.25) is 17.7 Å². The maximum Gasteiger partial charge on any atom is 0.328 e. The van der Waals surface area contributed by atoms with Crippen LogP contribution in [0.1, 0.15) is 33.4 Å². The number of nitrogens with zero attached hydrogens (tertiary/aromatic N) is 2. The van der Waals surface area contributed by atoms with Crippen LogP contribution in [0.2, 0.25) is 0 Å². The maximum atomic E-state index is 12.1. The topological polar surface area (TPSA) is 174 Å². The molecule has 0 bridgehead atoms. The molecule has 6 aromatic rings. The first-order chi connectivity index (χ1) is 30.7. The van der Waals surface area contributed by atoms with Crippen molar-refractivity contribution in [3.63, 3.8) is 0 Å². The minimum atomic E-state index is -0.976. The average Bonchev–Trinajstić information content (AvgIpc) is 3.33. The predicted molar refractivity (Wildman–Crippen MR) is 244 cm³/mol. The molecule has 0 saturated heterocycles. The van der Waals surface area contributed by atoms with Crippen molar-refractivity contribution in [2.24, 2.45) is 5.73 Å². The van der Waals surface area contributed by atoms with Crippen LogP contribution in [-0.4, -0.2) is 68.5 Å². The second kappa shape index (κ2) is 27.3. The van der Waals surface area contributed by atoms with Crippen molar-refractivity contribution < 1.29 is 43.1 Å². The first-order valence-electron chi connectivity index (χ1n) is 20.0. The van der Waals surface area contributed by atoms with Crippen LogP contribution in [0.25, 0.3) is 12.2 Å². The lowest BCUT2D eigenvalue weighted by atomic mass is 10.1. The lowest BCUT2D eigenvalue weighted by Crippen LogP contribution is -2.23. The minimum Gasteiger partial charge on any atom is -0.493 e. The Bertz CT molecular complexity index is 2340. The molecule has 2 aromatic heterocycles. The van der Waals surface area contributed by atoms with E-state index in [0.29, 0.717) is 56.0 Å². The highest BCUT2D eigenvalue weighted by Crippen LogP contribution is 2.30. The van der Waals surface area contributed by atoms with E-state index in [4.69, 9.17) is 39.3 Å². The molecule has 0 aliphatic heterocycles. The van der Waals surface area contributed by atoms with E-state index in [2.05, 4.69) is 15.3 Å². The Morgan fingerprint density at radius 2 is 1.16 bits per heavy atom. The fourth-order valence-electron chi connectivity index (χ4n) is 5.60. The number of carboxylic acid groups (broad SMARTS) is 1. The van der Waals surface area contributed by atoms with E-state index in [9.17, 15) is 9.59 Å². The van der Waals surface area contributed by atoms with Gasteiger partial charge in [-0.3, -0.25) is 4.79 Å². The molecule has 2 heterocycles. The molecule has 0 radical (unpaired) electrons. The first kappa shape index (κ1) is 48.0. The van der Waals surface area contributed by atoms with Crippen LogP contribution >= 0.6 is 0 Å². The van der Waals surface area contributed by atoms with Crippen molar-refractivity contribution in [3.8, 4) is 34.8 Å². The number of aliphatic carboxylic acids is 1. The van der Waals surface area contributed by atoms with Gasteiger partial charge in [-0.2, -0.15) is 0 Å². The molecule has 13 heteroatoms. The van der Waals surface area contributed by atoms with Crippen LogP contribution in [-0.2, 0) is 35.6 Å². The lowest BCUT2D eigenvalue weighted by molar-refractivity contribution is -0.131. The van der Waals surface area contributed by atoms with Gasteiger partial charge >= 0.3 is 5.97 Å². The number of hydrogen-bond acceptors (Lipinski definition) is 11. The molecule has 4 aromatic carbocycles. The highest BCUT2D eigenvalue weighted by Gasteiger charge is 2.08. The van der Waals surface area contributed by atoms with Crippen LogP contribution in [0.3, 0.4) is 0 Å². The summed E-state index contributed by atoms with van der Waals surface area (Å²) in [5.74, 6) is 2.75. The summed E-state index contributed by atoms with van der Waals surface area (Å²) in [6, 6.07) is 38.7. The second-order valence-corrected chi connectivity index (χ2v) is 13.4. The van der Waals surface area contributed by atoms with Crippen LogP contribution in [0.4, 0.5) is 0 Å². The number of amides is 1. The maximum absolute atomic E-state index is 12.1. The standard InChI is InChI=1S/C25H26N2O4.C16H19NO2.C9H9NO3/c1-29-22-10-8-19(16-23(22)31-18-21-6-4-3-5-7-21)12-14-26-24(28)11-9-20-13-15-27-25(17-20)30-2;1-18-15-8-7-13(9-10-17)11-16(15)19-12-14-5-3-2-4-6-14;1-13-8-4-2-7(6-10-8)3-5-9(11)12/h3-11,13,15-17H,12,14,18H2,1-2H3,(H,26,28);2-8,11H,9-10,12,17H2,1H3;2-6H,1H3,(H,11,12)/b11-9+;;5-3+. The quantitative estimate of drug-likeness (QED) is 0.0671. The molecule has 63 heavy (non-hydrogen) atoms. The zero-order valence-electron chi connectivity index (χ0n) is 35.9. The van der Waals surface area contributed by atoms with E-state index < -0.39 is 5.97 Å². The van der Waals surface area contributed by atoms with Crippen molar-refractivity contribution in [1.29, 1.82) is 0 Å². The molecule has 0 aliphatic rings. The summed E-state index contributed by atoms with van der Waals surface area (Å²) in [5.41, 5.74) is 11.6. The molecule has 0 unspecified atom stereocenters. The third-order valence-electron chi connectivity index (χ3n) is 8.86. The Morgan fingerprint density at radius 3 is 1.67 bits per heavy atom. The zero-order valence-corrected chi connectivity index (χ0v) is 35.9. The number of methoxy groups -OCH3 is 4. The molecule has 0 aliphatic carbocycles. The normalized spacial score (nSPS) is 10.4. The monoisotopic (exact) mass is 854 g/mol. The van der Waals surface area contributed by atoms with Gasteiger partial charge < -0.3 is 44.6 Å². The van der Waals surface area contributed by atoms with Gasteiger partial charge in [-0.15, -0.1) is 0 Å². The lowest BCUT2D eigenvalue weighted by Gasteiger charge is -2.12. The SMILES string of the molecule is COc1cc(/C=C/C(=O)NCCc2ccc(OC)c(OCc3ccccc3)c2)ccn1.COc1ccc(/C=C/C(=O)O)cn1.COc1ccc(CCN)cc1OCc1ccccc1. The zero-order chi connectivity index (χ0) is 45.1. The van der Waals surface area contributed by atoms with E-state index in [1.165, 1.54) is 25.5 Å². The number of carboxylic acids is 1. The van der Waals surface area contributed by atoms with Crippen LogP contribution < -0.4 is 39.5 Å². The van der Waals surface area contributed by atoms with Gasteiger partial charge in [0.05, 0.1) is 28.4 Å². The van der Waals surface area contributed by atoms with Crippen LogP contribution in [0, 0.1) is 0 Å². The summed E-state index contributed by atoms with van der Waals surface area (Å²) in [5, 5.41) is 11.2. The summed E-state index contributed by atoms with van der Waals surface area (Å²) < 4.78 is 32.4. The summed E-state index contributed by atoms with van der Waals surface area (Å²) in [4.78, 5) is 30.2. The number of hydrogen-bond donors (Lipinski definition) is 3. The number of aromatic nitrogens is 2. The fraction of sp³-hybridized carbons (Fsp3) is 0.200. The third kappa shape index (κ3) is 17.9. The second-order valence-electron chi connectivity index (χ2n) is 13.4. The molecule has 13 nitrogen and oxygen atoms in total. The number of benzene rings is 4. The number of rotatable bonds is 19. The van der Waals surface area contributed by atoms with E-state index in [1.54, 1.807) is 57.9 Å². The van der Waals surface area contributed by atoms with Crippen molar-refractivity contribution in [2.75, 3.05) is 41.5 Å². The number of pyridine rings is 2. The smallest absolute Gasteiger partial charge is 0.328 e. The predicted octanol–water partition coefficient (Wildman–Crippen LogP) is 8.01. The van der Waals surface area contributed by atoms with Gasteiger partial charge in [0.1, 0.15) is 13.2 Å². The summed E-state index contributed by atoms with van der Waals surface area (Å²) in [7, 11) is 6.34. The van der Waals surface area contributed by atoms with Crippen molar-refractivity contribution in [1.82, 2.24) is 15.3 Å². The number of carbonyl (C=O) groups is 2. The highest BCUT2D eigenvalue weighted by atomic mass is 16.5. The molecule has 328 valence electrons. The van der Waals surface area contributed by atoms with Crippen molar-refractivity contribution in [2.45, 2.75) is 26.1 Å². The Balaban J connectivity index is 0.000000230. The van der Waals surface area contributed by atoms with E-state index in [1.807, 2.05) is 97.1 Å². The van der Waals surface area contributed by atoms with Gasteiger partial charge in [-0.1, -0.05) is 72.8 Å². The Kier molecular flexibility index (Phi) is 20.8. The minimum absolute atomic E-state index is 0.162. The van der Waals surface area contributed by atoms with Gasteiger partial charge in [-0.05, 0) is 101 Å². The van der Waals surface area contributed by atoms with Gasteiger partial charge in [-0.25, -0.2) is 14.8 Å². The largest absolute Gasteiger partial charge is 0.493 e. The molecular formula is C50H54N4O9. The van der Waals surface area contributed by atoms with Crippen molar-refractivity contribution in [3.05, 3.63) is 179 Å². The molecule has 0 saturated carbocycles. The summed E-state index contributed by atoms with van der Waals surface area (Å²) in [6.07, 6.45) is 10.4. The summed E-state index contributed by atoms with van der Waals surface area (Å²) in [6.45, 7) is 2.13. The Morgan fingerprint density at radius 1 is 0.587 bits per heavy atom. The summed E-state index contributed by atoms with van der Waals surface area (Å²) >= 11 is 0. The Hall–Kier alpha value is -7.64. The third-order valence-corrected chi connectivity index (χ3v) is 8.86. The van der Waals surface area contributed by atoms with Crippen LogP contribution in [0.15, 0.2) is 146 Å². The van der Waals surface area contributed by atoms with Gasteiger partial charge in [0.15, 0.2) is 23.0 Å². The molecule has 0 fully saturated rings. The molecule has 1 amide bonds. The van der Waals surface area contributed by atoms with Gasteiger partial charge in [0.25, 0.3) is 0 Å². The van der Waals surface area contributed by atoms with Crippen LogP contribution in [0.5, 0.6) is 34.8 Å². The van der Waals surface area contributed by atoms with Gasteiger partial charge in [0, 0.05) is 43.2 Å². The Labute approximate surface area is 368 Å². The average molecular weight is 855 g/mol. The fourth-order valence-corrected chi connectivity index (χ4v) is 5.60. The first-order valence-corrected chi connectivity index (χ1v) is 20.0. The number of carbonyl (C=O) groups excluding carboxylic acids is 1. The van der Waals surface area contributed by atoms with Crippen molar-refractivity contribution >= 4 is 24.0 Å². The molecular weight excluding hydrogens is 801 g/mol. The van der Waals surface area contributed by atoms with E-state index in [-0.39, 0.29) is 5.91 Å². The van der Waals surface area contributed by atoms with E-state index >= 15 is 0 Å².